The van der Waals surface area contributed by atoms with Crippen LogP contribution in [0, 0.1) is 5.82 Å². The first kappa shape index (κ1) is 17.9. The zero-order chi connectivity index (χ0) is 18.6. The number of nitrogens with zero attached hydrogens (tertiary/aromatic N) is 1. The summed E-state index contributed by atoms with van der Waals surface area (Å²) in [5, 5.41) is 6.28. The number of morpholine rings is 1. The monoisotopic (exact) mass is 369 g/mol. The molecule has 0 radical (unpaired) electrons. The molecule has 2 aliphatic heterocycles. The van der Waals surface area contributed by atoms with E-state index in [1.54, 1.807) is 12.1 Å². The lowest BCUT2D eigenvalue weighted by Gasteiger charge is -2.38. The summed E-state index contributed by atoms with van der Waals surface area (Å²) in [6.45, 7) is 3.34. The molecule has 4 rings (SSSR count). The van der Waals surface area contributed by atoms with Crippen molar-refractivity contribution >= 4 is 6.03 Å². The number of halogens is 1. The predicted octanol–water partition coefficient (Wildman–Crippen LogP) is 2.47. The molecule has 2 heterocycles. The molecule has 2 atom stereocenters. The van der Waals surface area contributed by atoms with E-state index in [2.05, 4.69) is 22.8 Å². The number of hydrogen-bond acceptors (Lipinski definition) is 3. The lowest BCUT2D eigenvalue weighted by atomic mass is 9.88. The van der Waals surface area contributed by atoms with E-state index in [1.807, 2.05) is 17.0 Å². The Hall–Kier alpha value is -2.44. The molecule has 0 aromatic heterocycles. The molecule has 2 N–H and O–H groups in total. The summed E-state index contributed by atoms with van der Waals surface area (Å²) in [5.41, 5.74) is 3.24. The third-order valence-electron chi connectivity index (χ3n) is 5.22. The minimum Gasteiger partial charge on any atom is -0.374 e. The number of carbonyl (C=O) groups is 1. The second kappa shape index (κ2) is 8.06. The number of fused-ring (bicyclic) bond motifs is 1. The van der Waals surface area contributed by atoms with Crippen LogP contribution in [0.15, 0.2) is 48.5 Å². The Morgan fingerprint density at radius 1 is 1.22 bits per heavy atom. The SMILES string of the molecule is O=C(NC[C@@H]1CNCCO1)N1CCc2ccccc2[C@@H]1c1ccc(F)cc1. The Morgan fingerprint density at radius 2 is 2.04 bits per heavy atom. The van der Waals surface area contributed by atoms with Gasteiger partial charge in [0.2, 0.25) is 0 Å². The first-order valence-electron chi connectivity index (χ1n) is 9.42. The summed E-state index contributed by atoms with van der Waals surface area (Å²) in [6.07, 6.45) is 0.798. The van der Waals surface area contributed by atoms with Gasteiger partial charge in [-0.2, -0.15) is 0 Å². The van der Waals surface area contributed by atoms with Crippen LogP contribution in [0.25, 0.3) is 0 Å². The normalized spacial score (nSPS) is 22.2. The Bertz CT molecular complexity index is 790. The van der Waals surface area contributed by atoms with Crippen LogP contribution < -0.4 is 10.6 Å². The van der Waals surface area contributed by atoms with Crippen LogP contribution in [0.5, 0.6) is 0 Å². The third kappa shape index (κ3) is 3.96. The molecule has 0 bridgehead atoms. The molecule has 0 unspecified atom stereocenters. The van der Waals surface area contributed by atoms with Crippen molar-refractivity contribution in [3.63, 3.8) is 0 Å². The molecule has 6 heteroatoms. The van der Waals surface area contributed by atoms with Gasteiger partial charge in [0, 0.05) is 26.2 Å². The molecule has 27 heavy (non-hydrogen) atoms. The van der Waals surface area contributed by atoms with E-state index in [0.717, 1.165) is 30.6 Å². The van der Waals surface area contributed by atoms with E-state index in [1.165, 1.54) is 17.7 Å². The Labute approximate surface area is 158 Å². The van der Waals surface area contributed by atoms with Crippen LogP contribution in [0.2, 0.25) is 0 Å². The molecular formula is C21H24FN3O2. The number of hydrogen-bond donors (Lipinski definition) is 2. The number of urea groups is 1. The predicted molar refractivity (Wildman–Crippen MR) is 101 cm³/mol. The largest absolute Gasteiger partial charge is 0.374 e. The number of rotatable bonds is 3. The highest BCUT2D eigenvalue weighted by Crippen LogP contribution is 2.35. The second-order valence-electron chi connectivity index (χ2n) is 6.98. The maximum atomic E-state index is 13.4. The number of benzene rings is 2. The van der Waals surface area contributed by atoms with Crippen LogP contribution >= 0.6 is 0 Å². The zero-order valence-corrected chi connectivity index (χ0v) is 15.2. The van der Waals surface area contributed by atoms with Crippen molar-refractivity contribution < 1.29 is 13.9 Å². The highest BCUT2D eigenvalue weighted by Gasteiger charge is 2.32. The summed E-state index contributed by atoms with van der Waals surface area (Å²) < 4.78 is 19.1. The minimum atomic E-state index is -0.277. The van der Waals surface area contributed by atoms with Gasteiger partial charge < -0.3 is 20.3 Å². The van der Waals surface area contributed by atoms with E-state index in [4.69, 9.17) is 4.74 Å². The third-order valence-corrected chi connectivity index (χ3v) is 5.22. The number of ether oxygens (including phenoxy) is 1. The summed E-state index contributed by atoms with van der Waals surface area (Å²) in [7, 11) is 0. The molecule has 0 spiro atoms. The molecule has 1 saturated heterocycles. The van der Waals surface area contributed by atoms with E-state index < -0.39 is 0 Å². The summed E-state index contributed by atoms with van der Waals surface area (Å²) in [4.78, 5) is 14.8. The van der Waals surface area contributed by atoms with Gasteiger partial charge in [-0.05, 0) is 35.2 Å². The van der Waals surface area contributed by atoms with Gasteiger partial charge in [-0.3, -0.25) is 0 Å². The van der Waals surface area contributed by atoms with Crippen molar-refractivity contribution in [2.75, 3.05) is 32.8 Å². The molecule has 2 aliphatic rings. The van der Waals surface area contributed by atoms with Gasteiger partial charge in [0.1, 0.15) is 5.82 Å². The van der Waals surface area contributed by atoms with Crippen LogP contribution in [-0.2, 0) is 11.2 Å². The highest BCUT2D eigenvalue weighted by atomic mass is 19.1. The van der Waals surface area contributed by atoms with Crippen molar-refractivity contribution in [3.8, 4) is 0 Å². The summed E-state index contributed by atoms with van der Waals surface area (Å²) in [6, 6.07) is 14.2. The van der Waals surface area contributed by atoms with Gasteiger partial charge in [0.25, 0.3) is 0 Å². The second-order valence-corrected chi connectivity index (χ2v) is 6.98. The van der Waals surface area contributed by atoms with E-state index in [-0.39, 0.29) is 24.0 Å². The van der Waals surface area contributed by atoms with Crippen molar-refractivity contribution in [1.82, 2.24) is 15.5 Å². The fourth-order valence-electron chi connectivity index (χ4n) is 3.84. The maximum absolute atomic E-state index is 13.4. The van der Waals surface area contributed by atoms with Crippen molar-refractivity contribution in [2.45, 2.75) is 18.6 Å². The molecule has 142 valence electrons. The van der Waals surface area contributed by atoms with Crippen LogP contribution in [0.4, 0.5) is 9.18 Å². The standard InChI is InChI=1S/C21H24FN3O2/c22-17-7-5-16(6-8-17)20-19-4-2-1-3-15(19)9-11-25(20)21(26)24-14-18-13-23-10-12-27-18/h1-8,18,20,23H,9-14H2,(H,24,26)/t18-,20-/m0/s1. The van der Waals surface area contributed by atoms with Crippen LogP contribution in [0.3, 0.4) is 0 Å². The van der Waals surface area contributed by atoms with Gasteiger partial charge in [-0.25, -0.2) is 9.18 Å². The molecule has 2 aromatic carbocycles. The first-order chi connectivity index (χ1) is 13.2. The fourth-order valence-corrected chi connectivity index (χ4v) is 3.84. The highest BCUT2D eigenvalue weighted by molar-refractivity contribution is 5.76. The molecule has 0 aliphatic carbocycles. The Morgan fingerprint density at radius 3 is 2.81 bits per heavy atom. The number of amides is 2. The van der Waals surface area contributed by atoms with Crippen LogP contribution in [0.1, 0.15) is 22.7 Å². The average molecular weight is 369 g/mol. The minimum absolute atomic E-state index is 0.0101. The van der Waals surface area contributed by atoms with Gasteiger partial charge in [0.05, 0.1) is 18.8 Å². The number of nitrogens with one attached hydrogen (secondary N) is 2. The lowest BCUT2D eigenvalue weighted by Crippen LogP contribution is -2.50. The van der Waals surface area contributed by atoms with Crippen molar-refractivity contribution in [1.29, 1.82) is 0 Å². The van der Waals surface area contributed by atoms with Crippen molar-refractivity contribution in [3.05, 3.63) is 71.0 Å². The zero-order valence-electron chi connectivity index (χ0n) is 15.2. The molecule has 0 saturated carbocycles. The van der Waals surface area contributed by atoms with Gasteiger partial charge >= 0.3 is 6.03 Å². The Kier molecular flexibility index (Phi) is 5.36. The molecular weight excluding hydrogens is 345 g/mol. The smallest absolute Gasteiger partial charge is 0.318 e. The topological polar surface area (TPSA) is 53.6 Å². The molecule has 5 nitrogen and oxygen atoms in total. The van der Waals surface area contributed by atoms with Gasteiger partial charge in [-0.1, -0.05) is 36.4 Å². The fraction of sp³-hybridized carbons (Fsp3) is 0.381. The van der Waals surface area contributed by atoms with E-state index in [0.29, 0.717) is 19.7 Å². The van der Waals surface area contributed by atoms with Gasteiger partial charge in [-0.15, -0.1) is 0 Å². The Balaban J connectivity index is 1.56. The number of carbonyl (C=O) groups excluding carboxylic acids is 1. The average Bonchev–Trinajstić information content (AvgIpc) is 2.72. The van der Waals surface area contributed by atoms with E-state index in [9.17, 15) is 9.18 Å². The molecule has 2 amide bonds. The molecule has 1 fully saturated rings. The quantitative estimate of drug-likeness (QED) is 0.874. The van der Waals surface area contributed by atoms with Crippen LogP contribution in [-0.4, -0.2) is 49.8 Å². The van der Waals surface area contributed by atoms with Crippen molar-refractivity contribution in [2.24, 2.45) is 0 Å². The van der Waals surface area contributed by atoms with E-state index >= 15 is 0 Å². The molecule has 2 aromatic rings. The summed E-state index contributed by atoms with van der Waals surface area (Å²) in [5.74, 6) is -0.277. The lowest BCUT2D eigenvalue weighted by molar-refractivity contribution is 0.0296. The van der Waals surface area contributed by atoms with Gasteiger partial charge in [0.15, 0.2) is 0 Å². The maximum Gasteiger partial charge on any atom is 0.318 e. The first-order valence-corrected chi connectivity index (χ1v) is 9.42. The summed E-state index contributed by atoms with van der Waals surface area (Å²) >= 11 is 0.